The molecule has 0 aliphatic rings. The zero-order valence-corrected chi connectivity index (χ0v) is 26.2. The fraction of sp³-hybridized carbons (Fsp3) is 0.171. The van der Waals surface area contributed by atoms with Gasteiger partial charge >= 0.3 is 17.9 Å². The summed E-state index contributed by atoms with van der Waals surface area (Å²) in [4.78, 5) is 64.1. The molecule has 0 N–H and O–H groups in total. The average Bonchev–Trinajstić information content (AvgIpc) is 3.03. The first-order valence-corrected chi connectivity index (χ1v) is 15.4. The van der Waals surface area contributed by atoms with Crippen LogP contribution >= 0.6 is 7.14 Å². The van der Waals surface area contributed by atoms with Gasteiger partial charge in [0.05, 0.1) is 0 Å². The highest BCUT2D eigenvalue weighted by Gasteiger charge is 2.45. The Hall–Kier alpha value is -5.14. The summed E-state index contributed by atoms with van der Waals surface area (Å²) in [6, 6.07) is 14.1. The molecule has 0 radical (unpaired) electrons. The molecule has 0 aliphatic carbocycles. The first kappa shape index (κ1) is 34.4. The number of aryl methyl sites for hydroxylation is 3. The van der Waals surface area contributed by atoms with E-state index in [2.05, 4.69) is 19.7 Å². The molecule has 3 aromatic carbocycles. The third kappa shape index (κ3) is 7.88. The Morgan fingerprint density at radius 1 is 0.622 bits per heavy atom. The van der Waals surface area contributed by atoms with Crippen LogP contribution in [0.5, 0.6) is 0 Å². The maximum absolute atomic E-state index is 15.1. The van der Waals surface area contributed by atoms with E-state index >= 15 is 4.57 Å². The number of hydrogen-bond acceptors (Lipinski definition) is 9. The van der Waals surface area contributed by atoms with Crippen molar-refractivity contribution < 1.29 is 42.7 Å². The second-order valence-electron chi connectivity index (χ2n) is 10.0. The van der Waals surface area contributed by atoms with Crippen molar-refractivity contribution in [3.05, 3.63) is 137 Å². The van der Waals surface area contributed by atoms with E-state index in [1.54, 1.807) is 57.2 Å². The van der Waals surface area contributed by atoms with E-state index in [0.717, 1.165) is 18.2 Å². The monoisotopic (exact) mass is 628 g/mol. The Morgan fingerprint density at radius 2 is 1.02 bits per heavy atom. The van der Waals surface area contributed by atoms with Gasteiger partial charge in [-0.05, 0) is 54.7 Å². The quantitative estimate of drug-likeness (QED) is 0.0918. The van der Waals surface area contributed by atoms with Gasteiger partial charge in [0.1, 0.15) is 19.8 Å². The van der Waals surface area contributed by atoms with Crippen molar-refractivity contribution in [2.45, 2.75) is 40.6 Å². The van der Waals surface area contributed by atoms with Crippen molar-refractivity contribution >= 4 is 41.4 Å². The summed E-state index contributed by atoms with van der Waals surface area (Å²) in [6.45, 7) is 14.3. The minimum atomic E-state index is -4.60. The summed E-state index contributed by atoms with van der Waals surface area (Å²) in [5.41, 5.74) is 0.629. The largest absolute Gasteiger partial charge is 0.458 e. The van der Waals surface area contributed by atoms with Gasteiger partial charge in [0.15, 0.2) is 0 Å². The molecular formula is C35H33O9P. The molecule has 0 bridgehead atoms. The smallest absolute Gasteiger partial charge is 0.330 e. The SMILES string of the molecule is C=CC(=O)OCc1cc(C)c(C(=O)P(=O)(C(=O)c2c(C)cc(COC(=O)C=C)cc2COC(=O)C=C)c2ccccc2)c(C)c1. The minimum Gasteiger partial charge on any atom is -0.458 e. The predicted molar refractivity (Wildman–Crippen MR) is 169 cm³/mol. The molecule has 232 valence electrons. The van der Waals surface area contributed by atoms with Gasteiger partial charge in [-0.25, -0.2) is 14.4 Å². The van der Waals surface area contributed by atoms with Crippen molar-refractivity contribution in [1.29, 1.82) is 0 Å². The van der Waals surface area contributed by atoms with E-state index in [1.807, 2.05) is 0 Å². The number of carbonyl (C=O) groups excluding carboxylic acids is 5. The van der Waals surface area contributed by atoms with Gasteiger partial charge in [-0.1, -0.05) is 68.3 Å². The van der Waals surface area contributed by atoms with Crippen molar-refractivity contribution in [1.82, 2.24) is 0 Å². The van der Waals surface area contributed by atoms with E-state index < -0.39 is 42.7 Å². The number of esters is 3. The van der Waals surface area contributed by atoms with Crippen LogP contribution in [0.3, 0.4) is 0 Å². The van der Waals surface area contributed by atoms with Crippen LogP contribution in [-0.4, -0.2) is 29.0 Å². The molecule has 3 aromatic rings. The van der Waals surface area contributed by atoms with E-state index in [4.69, 9.17) is 14.2 Å². The van der Waals surface area contributed by atoms with Crippen LogP contribution in [0.1, 0.15) is 54.1 Å². The lowest BCUT2D eigenvalue weighted by molar-refractivity contribution is -0.139. The van der Waals surface area contributed by atoms with E-state index in [9.17, 15) is 24.0 Å². The normalized spacial score (nSPS) is 11.8. The standard InChI is InChI=1S/C35H33O9P/c1-7-29(36)42-19-25-15-22(4)32(23(5)16-25)34(39)45(41,28-13-11-10-12-14-28)35(40)33-24(6)17-26(20-43-30(37)8-2)18-27(33)21-44-31(38)9-3/h7-18H,1-3,19-21H2,4-6H3. The van der Waals surface area contributed by atoms with E-state index in [-0.39, 0.29) is 35.2 Å². The molecule has 0 aromatic heterocycles. The molecule has 45 heavy (non-hydrogen) atoms. The lowest BCUT2D eigenvalue weighted by Gasteiger charge is -2.22. The Bertz CT molecular complexity index is 1730. The Morgan fingerprint density at radius 3 is 1.49 bits per heavy atom. The minimum absolute atomic E-state index is 0.0280. The van der Waals surface area contributed by atoms with Crippen molar-refractivity contribution in [2.75, 3.05) is 0 Å². The van der Waals surface area contributed by atoms with E-state index in [1.165, 1.54) is 18.2 Å². The first-order chi connectivity index (χ1) is 21.4. The molecule has 0 saturated carbocycles. The molecular weight excluding hydrogens is 595 g/mol. The molecule has 10 heteroatoms. The van der Waals surface area contributed by atoms with Crippen molar-refractivity contribution in [3.63, 3.8) is 0 Å². The van der Waals surface area contributed by atoms with Gasteiger partial charge in [0.2, 0.25) is 18.2 Å². The van der Waals surface area contributed by atoms with Crippen molar-refractivity contribution in [3.8, 4) is 0 Å². The molecule has 9 nitrogen and oxygen atoms in total. The molecule has 1 atom stereocenters. The van der Waals surface area contributed by atoms with E-state index in [0.29, 0.717) is 27.8 Å². The first-order valence-electron chi connectivity index (χ1n) is 13.7. The predicted octanol–water partition coefficient (Wildman–Crippen LogP) is 5.97. The number of ether oxygens (including phenoxy) is 3. The summed E-state index contributed by atoms with van der Waals surface area (Å²) in [7, 11) is -4.60. The molecule has 0 heterocycles. The van der Waals surface area contributed by atoms with Gasteiger partial charge in [-0.2, -0.15) is 0 Å². The molecule has 0 aliphatic heterocycles. The third-order valence-electron chi connectivity index (χ3n) is 6.82. The van der Waals surface area contributed by atoms with Crippen LogP contribution in [0.4, 0.5) is 0 Å². The third-order valence-corrected chi connectivity index (χ3v) is 9.44. The van der Waals surface area contributed by atoms with Crippen LogP contribution in [-0.2, 0) is 53.0 Å². The fourth-order valence-electron chi connectivity index (χ4n) is 4.83. The lowest BCUT2D eigenvalue weighted by atomic mass is 9.99. The topological polar surface area (TPSA) is 130 Å². The lowest BCUT2D eigenvalue weighted by Crippen LogP contribution is -2.23. The number of benzene rings is 3. The highest BCUT2D eigenvalue weighted by atomic mass is 31.2. The summed E-state index contributed by atoms with van der Waals surface area (Å²) in [5, 5.41) is 0.0280. The molecule has 3 rings (SSSR count). The number of carbonyl (C=O) groups is 5. The second-order valence-corrected chi connectivity index (χ2v) is 12.6. The van der Waals surface area contributed by atoms with Crippen LogP contribution < -0.4 is 5.30 Å². The summed E-state index contributed by atoms with van der Waals surface area (Å²) >= 11 is 0. The summed E-state index contributed by atoms with van der Waals surface area (Å²) in [5.74, 6) is -2.04. The Kier molecular flexibility index (Phi) is 11.5. The van der Waals surface area contributed by atoms with Gasteiger partial charge in [-0.3, -0.25) is 9.59 Å². The van der Waals surface area contributed by atoms with Crippen LogP contribution in [0.25, 0.3) is 0 Å². The maximum Gasteiger partial charge on any atom is 0.330 e. The van der Waals surface area contributed by atoms with Crippen LogP contribution in [0.2, 0.25) is 0 Å². The number of rotatable bonds is 14. The molecule has 0 spiro atoms. The van der Waals surface area contributed by atoms with Crippen LogP contribution in [0, 0.1) is 20.8 Å². The van der Waals surface area contributed by atoms with Gasteiger partial charge < -0.3 is 18.8 Å². The highest BCUT2D eigenvalue weighted by molar-refractivity contribution is 8.01. The zero-order valence-electron chi connectivity index (χ0n) is 25.3. The zero-order chi connectivity index (χ0) is 33.3. The van der Waals surface area contributed by atoms with Crippen LogP contribution in [0.15, 0.2) is 92.6 Å². The molecule has 1 unspecified atom stereocenters. The number of hydrogen-bond donors (Lipinski definition) is 0. The highest BCUT2D eigenvalue weighted by Crippen LogP contribution is 2.52. The summed E-state index contributed by atoms with van der Waals surface area (Å²) < 4.78 is 30.6. The second kappa shape index (κ2) is 15.0. The molecule has 0 amide bonds. The van der Waals surface area contributed by atoms with Gasteiger partial charge in [0, 0.05) is 40.2 Å². The fourth-order valence-corrected chi connectivity index (χ4v) is 7.38. The van der Waals surface area contributed by atoms with Gasteiger partial charge in [-0.15, -0.1) is 0 Å². The van der Waals surface area contributed by atoms with Crippen molar-refractivity contribution in [2.24, 2.45) is 0 Å². The summed E-state index contributed by atoms with van der Waals surface area (Å²) in [6.07, 6.45) is 2.99. The average molecular weight is 629 g/mol. The Labute approximate surface area is 261 Å². The maximum atomic E-state index is 15.1. The van der Waals surface area contributed by atoms with Gasteiger partial charge in [0.25, 0.3) is 0 Å². The Balaban J connectivity index is 2.20. The molecule has 0 fully saturated rings. The molecule has 0 saturated heterocycles.